The van der Waals surface area contributed by atoms with Crippen LogP contribution in [-0.4, -0.2) is 4.98 Å². The lowest BCUT2D eigenvalue weighted by Crippen LogP contribution is -2.25. The summed E-state index contributed by atoms with van der Waals surface area (Å²) in [5.41, 5.74) is 5.24. The first kappa shape index (κ1) is 30.5. The van der Waals surface area contributed by atoms with Gasteiger partial charge in [-0.25, -0.2) is 4.98 Å². The fraction of sp³-hybridized carbons (Fsp3) is 0. The summed E-state index contributed by atoms with van der Waals surface area (Å²) in [6.07, 6.45) is 0. The second-order valence-electron chi connectivity index (χ2n) is 13.4. The zero-order chi connectivity index (χ0) is 34.6. The molecule has 0 saturated carbocycles. The number of nitrogens with zero attached hydrogens (tertiary/aromatic N) is 1. The van der Waals surface area contributed by atoms with E-state index in [1.54, 1.807) is 0 Å². The summed E-state index contributed by atoms with van der Waals surface area (Å²) in [4.78, 5) is 5.53. The van der Waals surface area contributed by atoms with E-state index in [0.29, 0.717) is 0 Å². The Bertz CT molecular complexity index is 2990. The van der Waals surface area contributed by atoms with Crippen LogP contribution >= 0.6 is 7.14 Å². The topological polar surface area (TPSA) is 30.0 Å². The Morgan fingerprint density at radius 2 is 0.865 bits per heavy atom. The third kappa shape index (κ3) is 4.65. The molecule has 0 fully saturated rings. The van der Waals surface area contributed by atoms with Gasteiger partial charge in [-0.15, -0.1) is 0 Å². The van der Waals surface area contributed by atoms with Crippen LogP contribution in [0.15, 0.2) is 194 Å². The molecule has 244 valence electrons. The van der Waals surface area contributed by atoms with E-state index in [9.17, 15) is 0 Å². The van der Waals surface area contributed by atoms with Crippen LogP contribution in [-0.2, 0) is 4.57 Å². The molecular weight excluding hydrogens is 650 g/mol. The summed E-state index contributed by atoms with van der Waals surface area (Å²) >= 11 is 0. The van der Waals surface area contributed by atoms with Crippen molar-refractivity contribution >= 4 is 77.0 Å². The summed E-state index contributed by atoms with van der Waals surface area (Å²) < 4.78 is 15.6. The van der Waals surface area contributed by atoms with Crippen LogP contribution in [0.25, 0.3) is 76.4 Å². The maximum absolute atomic E-state index is 15.6. The predicted molar refractivity (Wildman–Crippen MR) is 222 cm³/mol. The highest BCUT2D eigenvalue weighted by Crippen LogP contribution is 2.47. The molecule has 0 amide bonds. The molecule has 10 aromatic rings. The van der Waals surface area contributed by atoms with Gasteiger partial charge in [0.1, 0.15) is 0 Å². The lowest BCUT2D eigenvalue weighted by atomic mass is 9.90. The molecule has 0 atom stereocenters. The van der Waals surface area contributed by atoms with Crippen molar-refractivity contribution in [3.8, 4) is 22.4 Å². The van der Waals surface area contributed by atoms with Gasteiger partial charge in [0.15, 0.2) is 7.14 Å². The smallest absolute Gasteiger partial charge is 0.171 e. The molecule has 9 aromatic carbocycles. The zero-order valence-electron chi connectivity index (χ0n) is 28.3. The largest absolute Gasteiger partial charge is 0.309 e. The predicted octanol–water partition coefficient (Wildman–Crippen LogP) is 11.8. The minimum absolute atomic E-state index is 0.829. The Hall–Kier alpha value is -6.34. The lowest BCUT2D eigenvalue weighted by molar-refractivity contribution is 0.592. The minimum Gasteiger partial charge on any atom is -0.309 e. The highest BCUT2D eigenvalue weighted by atomic mass is 31.2. The normalized spacial score (nSPS) is 11.9. The molecule has 1 aromatic heterocycles. The Morgan fingerprint density at radius 3 is 1.52 bits per heavy atom. The molecule has 0 radical (unpaired) electrons. The van der Waals surface area contributed by atoms with Crippen molar-refractivity contribution in [2.24, 2.45) is 0 Å². The van der Waals surface area contributed by atoms with Crippen LogP contribution in [0.3, 0.4) is 0 Å². The molecule has 52 heavy (non-hydrogen) atoms. The van der Waals surface area contributed by atoms with Crippen LogP contribution in [0.5, 0.6) is 0 Å². The Kier molecular flexibility index (Phi) is 7.13. The van der Waals surface area contributed by atoms with Gasteiger partial charge < -0.3 is 4.57 Å². The number of pyridine rings is 1. The van der Waals surface area contributed by atoms with Crippen LogP contribution in [0, 0.1) is 0 Å². The van der Waals surface area contributed by atoms with Gasteiger partial charge in [0.2, 0.25) is 0 Å². The molecule has 0 aliphatic heterocycles. The van der Waals surface area contributed by atoms with E-state index in [2.05, 4.69) is 133 Å². The summed E-state index contributed by atoms with van der Waals surface area (Å²) in [6, 6.07) is 67.2. The van der Waals surface area contributed by atoms with E-state index in [4.69, 9.17) is 4.98 Å². The SMILES string of the molecule is O=P(c1ccccc1)(c1ccccc1)c1ccc(-c2ccc3c(c2)c(-c2ccccc2)nc2c4ccccc4c4ccccc4c32)c2ccccc12. The van der Waals surface area contributed by atoms with Crippen molar-refractivity contribution in [1.82, 2.24) is 4.98 Å². The number of rotatable bonds is 5. The average Bonchev–Trinajstić information content (AvgIpc) is 3.23. The van der Waals surface area contributed by atoms with Crippen molar-refractivity contribution in [1.29, 1.82) is 0 Å². The summed E-state index contributed by atoms with van der Waals surface area (Å²) in [7, 11) is -3.20. The summed E-state index contributed by atoms with van der Waals surface area (Å²) in [5, 5.41) is 12.8. The fourth-order valence-electron chi connectivity index (χ4n) is 8.14. The van der Waals surface area contributed by atoms with Crippen molar-refractivity contribution in [3.05, 3.63) is 194 Å². The highest BCUT2D eigenvalue weighted by Gasteiger charge is 2.31. The average molecular weight is 682 g/mol. The number of benzene rings is 9. The van der Waals surface area contributed by atoms with Crippen LogP contribution in [0.2, 0.25) is 0 Å². The van der Waals surface area contributed by atoms with Gasteiger partial charge in [-0.1, -0.05) is 182 Å². The Balaban J connectivity index is 1.27. The van der Waals surface area contributed by atoms with Crippen molar-refractivity contribution < 1.29 is 4.57 Å². The molecule has 3 heteroatoms. The molecule has 0 bridgehead atoms. The van der Waals surface area contributed by atoms with Gasteiger partial charge in [-0.3, -0.25) is 0 Å². The van der Waals surface area contributed by atoms with Crippen molar-refractivity contribution in [2.75, 3.05) is 0 Å². The second-order valence-corrected chi connectivity index (χ2v) is 16.1. The van der Waals surface area contributed by atoms with Crippen LogP contribution in [0.4, 0.5) is 0 Å². The van der Waals surface area contributed by atoms with Gasteiger partial charge in [-0.05, 0) is 55.6 Å². The van der Waals surface area contributed by atoms with E-state index < -0.39 is 7.14 Å². The van der Waals surface area contributed by atoms with Gasteiger partial charge in [0.25, 0.3) is 0 Å². The minimum atomic E-state index is -3.20. The molecule has 1 heterocycles. The van der Waals surface area contributed by atoms with E-state index in [1.165, 1.54) is 26.9 Å². The Morgan fingerprint density at radius 1 is 0.365 bits per heavy atom. The molecule has 10 rings (SSSR count). The third-order valence-electron chi connectivity index (χ3n) is 10.5. The summed E-state index contributed by atoms with van der Waals surface area (Å²) in [6.45, 7) is 0. The van der Waals surface area contributed by atoms with Crippen molar-refractivity contribution in [2.45, 2.75) is 0 Å². The number of aromatic nitrogens is 1. The molecule has 0 aliphatic carbocycles. The van der Waals surface area contributed by atoms with E-state index in [1.807, 2.05) is 60.7 Å². The zero-order valence-corrected chi connectivity index (χ0v) is 29.2. The van der Waals surface area contributed by atoms with Gasteiger partial charge in [-0.2, -0.15) is 0 Å². The van der Waals surface area contributed by atoms with E-state index >= 15 is 4.57 Å². The summed E-state index contributed by atoms with van der Waals surface area (Å²) in [5.74, 6) is 0. The number of hydrogen-bond acceptors (Lipinski definition) is 2. The number of hydrogen-bond donors (Lipinski definition) is 0. The second kappa shape index (κ2) is 12.2. The molecule has 0 saturated heterocycles. The van der Waals surface area contributed by atoms with E-state index in [0.717, 1.165) is 65.4 Å². The standard InChI is InChI=1S/C49H32NOP/c51-52(35-18-6-2-7-19-35,36-20-8-3-9-21-36)46-31-30-37(38-22-10-13-25-41(38)46)34-28-29-43-45(32-34)48(33-16-4-1-5-17-33)50-49-44-27-15-12-24-40(44)39-23-11-14-26-42(39)47(43)49/h1-32H. The molecule has 0 aliphatic rings. The van der Waals surface area contributed by atoms with Crippen LogP contribution < -0.4 is 15.9 Å². The Labute approximate surface area is 302 Å². The third-order valence-corrected chi connectivity index (χ3v) is 13.6. The van der Waals surface area contributed by atoms with Gasteiger partial charge in [0, 0.05) is 37.6 Å². The van der Waals surface area contributed by atoms with Gasteiger partial charge in [0.05, 0.1) is 11.2 Å². The maximum atomic E-state index is 15.6. The first-order valence-electron chi connectivity index (χ1n) is 17.7. The quantitative estimate of drug-likeness (QED) is 0.134. The monoisotopic (exact) mass is 681 g/mol. The highest BCUT2D eigenvalue weighted by molar-refractivity contribution is 7.85. The molecule has 0 spiro atoms. The molecule has 0 N–H and O–H groups in total. The maximum Gasteiger partial charge on any atom is 0.171 e. The first-order chi connectivity index (χ1) is 25.7. The molecule has 2 nitrogen and oxygen atoms in total. The molecule has 0 unspecified atom stereocenters. The molecular formula is C49H32NOP. The lowest BCUT2D eigenvalue weighted by Gasteiger charge is -2.23. The van der Waals surface area contributed by atoms with Crippen molar-refractivity contribution in [3.63, 3.8) is 0 Å². The van der Waals surface area contributed by atoms with Crippen LogP contribution in [0.1, 0.15) is 0 Å². The number of fused-ring (bicyclic) bond motifs is 9. The van der Waals surface area contributed by atoms with Gasteiger partial charge >= 0.3 is 0 Å². The first-order valence-corrected chi connectivity index (χ1v) is 19.4. The van der Waals surface area contributed by atoms with E-state index in [-0.39, 0.29) is 0 Å². The fourth-order valence-corrected chi connectivity index (χ4v) is 11.0.